The molecule has 0 spiro atoms. The predicted octanol–water partition coefficient (Wildman–Crippen LogP) is 4.76. The summed E-state index contributed by atoms with van der Waals surface area (Å²) in [5, 5.41) is 10.1. The zero-order valence-corrected chi connectivity index (χ0v) is 11.8. The van der Waals surface area contributed by atoms with Crippen molar-refractivity contribution in [2.45, 2.75) is 52.1 Å². The molecule has 0 bridgehead atoms. The number of aryl methyl sites for hydroxylation is 1. The van der Waals surface area contributed by atoms with Gasteiger partial charge in [-0.15, -0.1) is 0 Å². The van der Waals surface area contributed by atoms with Gasteiger partial charge in [-0.1, -0.05) is 66.2 Å². The quantitative estimate of drug-likeness (QED) is 0.747. The third-order valence-corrected chi connectivity index (χ3v) is 3.56. The van der Waals surface area contributed by atoms with Crippen LogP contribution in [0.3, 0.4) is 0 Å². The zero-order chi connectivity index (χ0) is 12.0. The van der Waals surface area contributed by atoms with Gasteiger partial charge in [-0.3, -0.25) is 0 Å². The van der Waals surface area contributed by atoms with Crippen LogP contribution in [0.1, 0.15) is 56.3 Å². The van der Waals surface area contributed by atoms with E-state index in [9.17, 15) is 5.11 Å². The van der Waals surface area contributed by atoms with E-state index in [2.05, 4.69) is 41.9 Å². The topological polar surface area (TPSA) is 20.2 Å². The van der Waals surface area contributed by atoms with Crippen molar-refractivity contribution in [2.75, 3.05) is 0 Å². The summed E-state index contributed by atoms with van der Waals surface area (Å²) in [7, 11) is 0. The van der Waals surface area contributed by atoms with Gasteiger partial charge in [-0.25, -0.2) is 0 Å². The van der Waals surface area contributed by atoms with Crippen molar-refractivity contribution in [1.82, 2.24) is 0 Å². The van der Waals surface area contributed by atoms with Crippen molar-refractivity contribution < 1.29 is 5.11 Å². The highest BCUT2D eigenvalue weighted by molar-refractivity contribution is 9.10. The Hall–Kier alpha value is -0.340. The van der Waals surface area contributed by atoms with Gasteiger partial charge in [-0.05, 0) is 25.0 Å². The first-order valence-corrected chi connectivity index (χ1v) is 6.88. The van der Waals surface area contributed by atoms with E-state index >= 15 is 0 Å². The average molecular weight is 285 g/mol. The van der Waals surface area contributed by atoms with Crippen molar-refractivity contribution >= 4 is 15.9 Å². The standard InChI is InChI=1S/C14H21BrO/c1-3-4-5-6-7-14(16)12-10-11(2)8-9-13(12)15/h8-10,14,16H,3-7H2,1-2H3. The van der Waals surface area contributed by atoms with Crippen LogP contribution in [-0.2, 0) is 0 Å². The van der Waals surface area contributed by atoms with Gasteiger partial charge in [0.25, 0.3) is 0 Å². The fourth-order valence-electron chi connectivity index (χ4n) is 1.84. The van der Waals surface area contributed by atoms with Gasteiger partial charge < -0.3 is 5.11 Å². The number of hydrogen-bond donors (Lipinski definition) is 1. The molecule has 1 aromatic rings. The molecule has 0 heterocycles. The highest BCUT2D eigenvalue weighted by Crippen LogP contribution is 2.28. The Morgan fingerprint density at radius 3 is 2.69 bits per heavy atom. The smallest absolute Gasteiger partial charge is 0.0801 e. The van der Waals surface area contributed by atoms with Gasteiger partial charge in [0.1, 0.15) is 0 Å². The third kappa shape index (κ3) is 4.26. The first-order chi connectivity index (χ1) is 7.65. The fourth-order valence-corrected chi connectivity index (χ4v) is 2.35. The van der Waals surface area contributed by atoms with Crippen molar-refractivity contribution in [3.8, 4) is 0 Å². The summed E-state index contributed by atoms with van der Waals surface area (Å²) in [6, 6.07) is 6.13. The van der Waals surface area contributed by atoms with E-state index in [1.54, 1.807) is 0 Å². The number of rotatable bonds is 6. The number of hydrogen-bond acceptors (Lipinski definition) is 1. The lowest BCUT2D eigenvalue weighted by molar-refractivity contribution is 0.162. The molecule has 0 aliphatic heterocycles. The molecule has 1 unspecified atom stereocenters. The van der Waals surface area contributed by atoms with Crippen LogP contribution in [0.25, 0.3) is 0 Å². The van der Waals surface area contributed by atoms with Crippen molar-refractivity contribution in [1.29, 1.82) is 0 Å². The fraction of sp³-hybridized carbons (Fsp3) is 0.571. The van der Waals surface area contributed by atoms with Crippen LogP contribution in [0.4, 0.5) is 0 Å². The molecule has 16 heavy (non-hydrogen) atoms. The Morgan fingerprint density at radius 1 is 1.25 bits per heavy atom. The summed E-state index contributed by atoms with van der Waals surface area (Å²) in [4.78, 5) is 0. The second-order valence-corrected chi connectivity index (χ2v) is 5.24. The molecule has 0 radical (unpaired) electrons. The largest absolute Gasteiger partial charge is 0.388 e. The highest BCUT2D eigenvalue weighted by atomic mass is 79.9. The van der Waals surface area contributed by atoms with Gasteiger partial charge in [0, 0.05) is 4.47 Å². The molecule has 90 valence electrons. The van der Waals surface area contributed by atoms with Crippen LogP contribution in [0.5, 0.6) is 0 Å². The van der Waals surface area contributed by atoms with Crippen LogP contribution >= 0.6 is 15.9 Å². The van der Waals surface area contributed by atoms with E-state index < -0.39 is 0 Å². The normalized spacial score (nSPS) is 12.8. The van der Waals surface area contributed by atoms with E-state index in [0.29, 0.717) is 0 Å². The zero-order valence-electron chi connectivity index (χ0n) is 10.2. The molecule has 1 atom stereocenters. The number of aliphatic hydroxyl groups is 1. The molecule has 1 aromatic carbocycles. The van der Waals surface area contributed by atoms with Crippen LogP contribution in [-0.4, -0.2) is 5.11 Å². The first-order valence-electron chi connectivity index (χ1n) is 6.09. The maximum absolute atomic E-state index is 10.1. The van der Waals surface area contributed by atoms with Gasteiger partial charge in [0.05, 0.1) is 6.10 Å². The van der Waals surface area contributed by atoms with E-state index in [0.717, 1.165) is 22.9 Å². The average Bonchev–Trinajstić information content (AvgIpc) is 2.27. The molecule has 0 aromatic heterocycles. The maximum Gasteiger partial charge on any atom is 0.0801 e. The minimum Gasteiger partial charge on any atom is -0.388 e. The lowest BCUT2D eigenvalue weighted by Crippen LogP contribution is -1.99. The van der Waals surface area contributed by atoms with Crippen LogP contribution < -0.4 is 0 Å². The highest BCUT2D eigenvalue weighted by Gasteiger charge is 2.10. The SMILES string of the molecule is CCCCCCC(O)c1cc(C)ccc1Br. The monoisotopic (exact) mass is 284 g/mol. The molecule has 0 fully saturated rings. The van der Waals surface area contributed by atoms with Crippen molar-refractivity contribution in [2.24, 2.45) is 0 Å². The lowest BCUT2D eigenvalue weighted by atomic mass is 10.0. The Bertz CT molecular complexity index is 323. The van der Waals surface area contributed by atoms with Crippen LogP contribution in [0, 0.1) is 6.92 Å². The van der Waals surface area contributed by atoms with Gasteiger partial charge in [0.2, 0.25) is 0 Å². The maximum atomic E-state index is 10.1. The minimum atomic E-state index is -0.328. The molecule has 1 nitrogen and oxygen atoms in total. The summed E-state index contributed by atoms with van der Waals surface area (Å²) < 4.78 is 1.01. The summed E-state index contributed by atoms with van der Waals surface area (Å²) in [6.07, 6.45) is 5.37. The van der Waals surface area contributed by atoms with Gasteiger partial charge in [-0.2, -0.15) is 0 Å². The second kappa shape index (κ2) is 7.08. The van der Waals surface area contributed by atoms with E-state index in [1.807, 2.05) is 6.07 Å². The number of benzene rings is 1. The Balaban J connectivity index is 2.51. The van der Waals surface area contributed by atoms with Crippen molar-refractivity contribution in [3.05, 3.63) is 33.8 Å². The molecule has 1 rings (SSSR count). The lowest BCUT2D eigenvalue weighted by Gasteiger charge is -2.13. The molecule has 0 amide bonds. The molecule has 0 aliphatic carbocycles. The van der Waals surface area contributed by atoms with E-state index in [1.165, 1.54) is 24.8 Å². The molecule has 0 aliphatic rings. The number of aliphatic hydroxyl groups excluding tert-OH is 1. The first kappa shape index (κ1) is 13.7. The molecule has 0 saturated carbocycles. The summed E-state index contributed by atoms with van der Waals surface area (Å²) in [6.45, 7) is 4.26. The molecule has 1 N–H and O–H groups in total. The molecular formula is C14H21BrO. The number of unbranched alkanes of at least 4 members (excludes halogenated alkanes) is 3. The van der Waals surface area contributed by atoms with Gasteiger partial charge in [0.15, 0.2) is 0 Å². The molecule has 0 saturated heterocycles. The molecular weight excluding hydrogens is 264 g/mol. The predicted molar refractivity (Wildman–Crippen MR) is 72.6 cm³/mol. The van der Waals surface area contributed by atoms with Gasteiger partial charge >= 0.3 is 0 Å². The van der Waals surface area contributed by atoms with Crippen LogP contribution in [0.15, 0.2) is 22.7 Å². The second-order valence-electron chi connectivity index (χ2n) is 4.39. The minimum absolute atomic E-state index is 0.328. The van der Waals surface area contributed by atoms with E-state index in [4.69, 9.17) is 0 Å². The van der Waals surface area contributed by atoms with Crippen molar-refractivity contribution in [3.63, 3.8) is 0 Å². The van der Waals surface area contributed by atoms with Crippen LogP contribution in [0.2, 0.25) is 0 Å². The summed E-state index contributed by atoms with van der Waals surface area (Å²) in [5.74, 6) is 0. The number of halogens is 1. The Morgan fingerprint density at radius 2 is 2.00 bits per heavy atom. The Kier molecular flexibility index (Phi) is 6.07. The molecule has 2 heteroatoms. The third-order valence-electron chi connectivity index (χ3n) is 2.84. The summed E-state index contributed by atoms with van der Waals surface area (Å²) >= 11 is 3.49. The summed E-state index contributed by atoms with van der Waals surface area (Å²) in [5.41, 5.74) is 2.22. The van der Waals surface area contributed by atoms with E-state index in [-0.39, 0.29) is 6.10 Å². The Labute approximate surface area is 107 Å².